The van der Waals surface area contributed by atoms with Crippen molar-refractivity contribution in [1.82, 2.24) is 9.97 Å². The number of carbonyl (C=O) groups excluding carboxylic acids is 2. The summed E-state index contributed by atoms with van der Waals surface area (Å²) in [6, 6.07) is 5.18. The molecule has 1 N–H and O–H groups in total. The first kappa shape index (κ1) is 19.3. The van der Waals surface area contributed by atoms with Gasteiger partial charge in [0.1, 0.15) is 11.4 Å². The van der Waals surface area contributed by atoms with Gasteiger partial charge >= 0.3 is 5.97 Å². The summed E-state index contributed by atoms with van der Waals surface area (Å²) >= 11 is 0. The van der Waals surface area contributed by atoms with Gasteiger partial charge in [-0.2, -0.15) is 0 Å². The fourth-order valence-electron chi connectivity index (χ4n) is 1.99. The van der Waals surface area contributed by atoms with Crippen LogP contribution in [0.15, 0.2) is 42.9 Å². The van der Waals surface area contributed by atoms with E-state index in [1.54, 1.807) is 36.7 Å². The van der Waals surface area contributed by atoms with Gasteiger partial charge in [-0.05, 0) is 62.6 Å². The van der Waals surface area contributed by atoms with Gasteiger partial charge in [0.05, 0.1) is 5.56 Å². The fraction of sp³-hybridized carbons (Fsp3) is 0.300. The highest BCUT2D eigenvalue weighted by molar-refractivity contribution is 6.03. The SMILES string of the molecule is CCC(C)(C)OC(=O)/C=C/c1ccc(NC(=O)c2cncc(C)c2)nc1. The number of hydrogen-bond donors (Lipinski definition) is 1. The Labute approximate surface area is 153 Å². The third-order valence-corrected chi connectivity index (χ3v) is 3.81. The predicted octanol–water partition coefficient (Wildman–Crippen LogP) is 3.78. The number of nitrogens with zero attached hydrogens (tertiary/aromatic N) is 2. The van der Waals surface area contributed by atoms with E-state index in [1.807, 2.05) is 27.7 Å². The molecule has 1 amide bonds. The maximum absolute atomic E-state index is 12.2. The van der Waals surface area contributed by atoms with Gasteiger partial charge in [-0.3, -0.25) is 9.78 Å². The van der Waals surface area contributed by atoms with Crippen molar-refractivity contribution < 1.29 is 14.3 Å². The molecule has 0 fully saturated rings. The second-order valence-corrected chi connectivity index (χ2v) is 6.55. The molecule has 0 aliphatic rings. The van der Waals surface area contributed by atoms with Crippen molar-refractivity contribution in [2.24, 2.45) is 0 Å². The summed E-state index contributed by atoms with van der Waals surface area (Å²) in [7, 11) is 0. The normalized spacial score (nSPS) is 11.4. The Hall–Kier alpha value is -3.02. The van der Waals surface area contributed by atoms with Crippen LogP contribution in [0.2, 0.25) is 0 Å². The second kappa shape index (κ2) is 8.38. The van der Waals surface area contributed by atoms with E-state index < -0.39 is 11.6 Å². The van der Waals surface area contributed by atoms with E-state index >= 15 is 0 Å². The lowest BCUT2D eigenvalue weighted by Crippen LogP contribution is -2.25. The van der Waals surface area contributed by atoms with Crippen LogP contribution in [0.5, 0.6) is 0 Å². The highest BCUT2D eigenvalue weighted by Gasteiger charge is 2.18. The highest BCUT2D eigenvalue weighted by Crippen LogP contribution is 2.14. The Morgan fingerprint density at radius 3 is 2.62 bits per heavy atom. The zero-order valence-corrected chi connectivity index (χ0v) is 15.4. The van der Waals surface area contributed by atoms with Crippen LogP contribution < -0.4 is 5.32 Å². The Kier molecular flexibility index (Phi) is 6.22. The van der Waals surface area contributed by atoms with Crippen molar-refractivity contribution in [3.8, 4) is 0 Å². The average molecular weight is 353 g/mol. The van der Waals surface area contributed by atoms with Gasteiger partial charge in [0.15, 0.2) is 0 Å². The molecule has 2 aromatic rings. The largest absolute Gasteiger partial charge is 0.457 e. The third-order valence-electron chi connectivity index (χ3n) is 3.81. The van der Waals surface area contributed by atoms with E-state index in [9.17, 15) is 9.59 Å². The van der Waals surface area contributed by atoms with E-state index in [0.717, 1.165) is 17.5 Å². The van der Waals surface area contributed by atoms with Gasteiger partial charge in [-0.25, -0.2) is 9.78 Å². The maximum Gasteiger partial charge on any atom is 0.331 e. The smallest absolute Gasteiger partial charge is 0.331 e. The van der Waals surface area contributed by atoms with Crippen LogP contribution in [0.1, 0.15) is 48.7 Å². The minimum atomic E-state index is -0.488. The molecule has 136 valence electrons. The summed E-state index contributed by atoms with van der Waals surface area (Å²) in [6.07, 6.45) is 8.48. The second-order valence-electron chi connectivity index (χ2n) is 6.55. The number of esters is 1. The van der Waals surface area contributed by atoms with Crippen molar-refractivity contribution in [2.45, 2.75) is 39.7 Å². The minimum absolute atomic E-state index is 0.276. The van der Waals surface area contributed by atoms with Gasteiger partial charge < -0.3 is 10.1 Å². The third kappa shape index (κ3) is 5.81. The molecular formula is C20H23N3O3. The Morgan fingerprint density at radius 2 is 2.00 bits per heavy atom. The number of carbonyl (C=O) groups is 2. The number of ether oxygens (including phenoxy) is 1. The summed E-state index contributed by atoms with van der Waals surface area (Å²) in [6.45, 7) is 7.56. The first-order valence-electron chi connectivity index (χ1n) is 8.39. The fourth-order valence-corrected chi connectivity index (χ4v) is 1.99. The van der Waals surface area contributed by atoms with Crippen LogP contribution in [0.4, 0.5) is 5.82 Å². The number of anilines is 1. The quantitative estimate of drug-likeness (QED) is 0.631. The number of rotatable bonds is 6. The van der Waals surface area contributed by atoms with Crippen LogP contribution in [-0.4, -0.2) is 27.4 Å². The van der Waals surface area contributed by atoms with Crippen molar-refractivity contribution in [2.75, 3.05) is 5.32 Å². The number of hydrogen-bond acceptors (Lipinski definition) is 5. The number of aryl methyl sites for hydroxylation is 1. The van der Waals surface area contributed by atoms with Crippen molar-refractivity contribution in [3.05, 3.63) is 59.6 Å². The molecule has 0 spiro atoms. The molecule has 0 aliphatic heterocycles. The molecule has 0 saturated heterocycles. The number of aromatic nitrogens is 2. The zero-order chi connectivity index (χ0) is 19.2. The molecule has 0 unspecified atom stereocenters. The first-order chi connectivity index (χ1) is 12.3. The molecular weight excluding hydrogens is 330 g/mol. The monoisotopic (exact) mass is 353 g/mol. The van der Waals surface area contributed by atoms with Crippen molar-refractivity contribution in [3.63, 3.8) is 0 Å². The molecule has 0 aliphatic carbocycles. The van der Waals surface area contributed by atoms with Crippen molar-refractivity contribution >= 4 is 23.8 Å². The Morgan fingerprint density at radius 1 is 1.23 bits per heavy atom. The molecule has 0 atom stereocenters. The molecule has 6 heteroatoms. The lowest BCUT2D eigenvalue weighted by molar-refractivity contribution is -0.150. The van der Waals surface area contributed by atoms with E-state index in [4.69, 9.17) is 4.74 Å². The lowest BCUT2D eigenvalue weighted by Gasteiger charge is -2.22. The van der Waals surface area contributed by atoms with Gasteiger partial charge in [0, 0.05) is 24.7 Å². The summed E-state index contributed by atoms with van der Waals surface area (Å²) in [5.41, 5.74) is 1.62. The molecule has 0 aromatic carbocycles. The van der Waals surface area contributed by atoms with Crippen LogP contribution in [0, 0.1) is 6.92 Å². The minimum Gasteiger partial charge on any atom is -0.457 e. The van der Waals surface area contributed by atoms with Crippen LogP contribution >= 0.6 is 0 Å². The van der Waals surface area contributed by atoms with E-state index in [2.05, 4.69) is 15.3 Å². The standard InChI is InChI=1S/C20H23N3O3/c1-5-20(3,4)26-18(24)9-7-15-6-8-17(22-12-15)23-19(25)16-10-14(2)11-21-13-16/h6-13H,5H2,1-4H3,(H,22,23,25)/b9-7+. The van der Waals surface area contributed by atoms with E-state index in [1.165, 1.54) is 12.3 Å². The van der Waals surface area contributed by atoms with Gasteiger partial charge in [-0.1, -0.05) is 6.92 Å². The molecule has 0 bridgehead atoms. The molecule has 0 radical (unpaired) electrons. The average Bonchev–Trinajstić information content (AvgIpc) is 2.61. The number of amides is 1. The van der Waals surface area contributed by atoms with E-state index in [-0.39, 0.29) is 5.91 Å². The number of pyridine rings is 2. The summed E-state index contributed by atoms with van der Waals surface area (Å²) in [5, 5.41) is 2.71. The molecule has 2 heterocycles. The first-order valence-corrected chi connectivity index (χ1v) is 8.39. The summed E-state index contributed by atoms with van der Waals surface area (Å²) in [4.78, 5) is 32.1. The van der Waals surface area contributed by atoms with Gasteiger partial charge in [0.2, 0.25) is 0 Å². The maximum atomic E-state index is 12.2. The van der Waals surface area contributed by atoms with Crippen molar-refractivity contribution in [1.29, 1.82) is 0 Å². The van der Waals surface area contributed by atoms with Crippen LogP contribution in [0.3, 0.4) is 0 Å². The molecule has 2 aromatic heterocycles. The molecule has 26 heavy (non-hydrogen) atoms. The Balaban J connectivity index is 1.96. The molecule has 2 rings (SSSR count). The van der Waals surface area contributed by atoms with Crippen LogP contribution in [0.25, 0.3) is 6.08 Å². The van der Waals surface area contributed by atoms with E-state index in [0.29, 0.717) is 11.4 Å². The summed E-state index contributed by atoms with van der Waals surface area (Å²) in [5.74, 6) is -0.258. The van der Waals surface area contributed by atoms with Gasteiger partial charge in [-0.15, -0.1) is 0 Å². The van der Waals surface area contributed by atoms with Gasteiger partial charge in [0.25, 0.3) is 5.91 Å². The van der Waals surface area contributed by atoms with Crippen LogP contribution in [-0.2, 0) is 9.53 Å². The number of nitrogens with one attached hydrogen (secondary N) is 1. The predicted molar refractivity (Wildman–Crippen MR) is 101 cm³/mol. The summed E-state index contributed by atoms with van der Waals surface area (Å²) < 4.78 is 5.33. The highest BCUT2D eigenvalue weighted by atomic mass is 16.6. The topological polar surface area (TPSA) is 81.2 Å². The zero-order valence-electron chi connectivity index (χ0n) is 15.4. The molecule has 6 nitrogen and oxygen atoms in total. The molecule has 0 saturated carbocycles. The Bertz CT molecular complexity index is 811. The lowest BCUT2D eigenvalue weighted by atomic mass is 10.1.